The van der Waals surface area contributed by atoms with Gasteiger partial charge in [-0.05, 0) is 6.07 Å². The van der Waals surface area contributed by atoms with Gasteiger partial charge in [-0.25, -0.2) is 0 Å². The zero-order valence-electron chi connectivity index (χ0n) is 9.85. The molecule has 1 amide bonds. The number of carbonyl (C=O) groups is 1. The molecule has 1 saturated heterocycles. The molecule has 2 aromatic rings. The van der Waals surface area contributed by atoms with Crippen molar-refractivity contribution in [2.75, 3.05) is 18.8 Å². The molecule has 19 heavy (non-hydrogen) atoms. The molecule has 2 unspecified atom stereocenters. The summed E-state index contributed by atoms with van der Waals surface area (Å²) in [4.78, 5) is 14.7. The van der Waals surface area contributed by atoms with E-state index in [0.717, 1.165) is 0 Å². The molecule has 4 N–H and O–H groups in total. The largest absolute Gasteiger partial charge is 0.397 e. The summed E-state index contributed by atoms with van der Waals surface area (Å²) < 4.78 is 0. The minimum Gasteiger partial charge on any atom is -0.397 e. The Kier molecular flexibility index (Phi) is 2.85. The first kappa shape index (κ1) is 12.3. The number of thiophene rings is 1. The number of hydrogen-bond acceptors (Lipinski definition) is 7. The molecule has 0 spiro atoms. The Bertz CT molecular complexity index is 634. The quantitative estimate of drug-likeness (QED) is 0.646. The number of nitrogens with two attached hydrogens (primary N) is 1. The summed E-state index contributed by atoms with van der Waals surface area (Å²) in [7, 11) is 0. The third kappa shape index (κ3) is 1.93. The fourth-order valence-corrected chi connectivity index (χ4v) is 3.12. The SMILES string of the molecule is Nc1c(C(=O)N2CC(O)C(O)C2)sc2nnccc12. The zero-order chi connectivity index (χ0) is 13.6. The molecule has 1 fully saturated rings. The van der Waals surface area contributed by atoms with Crippen LogP contribution in [0.2, 0.25) is 0 Å². The lowest BCUT2D eigenvalue weighted by Crippen LogP contribution is -2.29. The number of fused-ring (bicyclic) bond motifs is 1. The number of nitrogen functional groups attached to an aromatic ring is 1. The van der Waals surface area contributed by atoms with Crippen LogP contribution in [-0.2, 0) is 0 Å². The number of likely N-dealkylation sites (tertiary alicyclic amines) is 1. The normalized spacial score (nSPS) is 23.2. The number of β-amino-alcohol motifs (C(OH)–C–C–N with tert-alkyl or cyclic N) is 2. The predicted octanol–water partition coefficient (Wildman–Crippen LogP) is -0.549. The molecular weight excluding hydrogens is 268 g/mol. The van der Waals surface area contributed by atoms with Gasteiger partial charge in [0.2, 0.25) is 0 Å². The molecule has 1 aliphatic heterocycles. The van der Waals surface area contributed by atoms with Gasteiger partial charge in [-0.1, -0.05) is 0 Å². The monoisotopic (exact) mass is 280 g/mol. The molecule has 0 saturated carbocycles. The first-order valence-electron chi connectivity index (χ1n) is 5.73. The average Bonchev–Trinajstić information content (AvgIpc) is 2.91. The van der Waals surface area contributed by atoms with Crippen LogP contribution in [0.5, 0.6) is 0 Å². The van der Waals surface area contributed by atoms with E-state index in [1.165, 1.54) is 22.4 Å². The summed E-state index contributed by atoms with van der Waals surface area (Å²) in [5.74, 6) is -0.295. The van der Waals surface area contributed by atoms with Gasteiger partial charge in [0.25, 0.3) is 5.91 Å². The van der Waals surface area contributed by atoms with Crippen molar-refractivity contribution in [2.45, 2.75) is 12.2 Å². The molecule has 100 valence electrons. The molecule has 2 aromatic heterocycles. The Hall–Kier alpha value is -1.77. The van der Waals surface area contributed by atoms with Crippen LogP contribution >= 0.6 is 11.3 Å². The summed E-state index contributed by atoms with van der Waals surface area (Å²) in [5.41, 5.74) is 6.32. The maximum Gasteiger partial charge on any atom is 0.266 e. The summed E-state index contributed by atoms with van der Waals surface area (Å²) in [5, 5.41) is 27.3. The number of nitrogens with zero attached hydrogens (tertiary/aromatic N) is 3. The molecule has 0 aromatic carbocycles. The van der Waals surface area contributed by atoms with Crippen molar-refractivity contribution in [3.63, 3.8) is 0 Å². The van der Waals surface area contributed by atoms with E-state index < -0.39 is 12.2 Å². The first-order valence-corrected chi connectivity index (χ1v) is 6.54. The smallest absolute Gasteiger partial charge is 0.266 e. The minimum absolute atomic E-state index is 0.110. The Morgan fingerprint density at radius 3 is 2.74 bits per heavy atom. The number of aliphatic hydroxyl groups is 2. The standard InChI is InChI=1S/C11H12N4O3S/c12-8-5-1-2-13-14-10(5)19-9(8)11(18)15-3-6(16)7(17)4-15/h1-2,6-7,16-17H,3-4,12H2. The third-order valence-electron chi connectivity index (χ3n) is 3.16. The maximum absolute atomic E-state index is 12.3. The molecule has 1 aliphatic rings. The summed E-state index contributed by atoms with van der Waals surface area (Å²) >= 11 is 1.17. The number of carbonyl (C=O) groups excluding carboxylic acids is 1. The second-order valence-electron chi connectivity index (χ2n) is 4.44. The van der Waals surface area contributed by atoms with E-state index in [0.29, 0.717) is 20.8 Å². The third-order valence-corrected chi connectivity index (χ3v) is 4.25. The first-order chi connectivity index (χ1) is 9.08. The van der Waals surface area contributed by atoms with E-state index in [1.807, 2.05) is 0 Å². The van der Waals surface area contributed by atoms with Crippen LogP contribution in [0, 0.1) is 0 Å². The number of amides is 1. The number of aliphatic hydroxyl groups excluding tert-OH is 2. The fourth-order valence-electron chi connectivity index (χ4n) is 2.11. The van der Waals surface area contributed by atoms with E-state index in [9.17, 15) is 15.0 Å². The van der Waals surface area contributed by atoms with E-state index in [4.69, 9.17) is 5.73 Å². The Morgan fingerprint density at radius 2 is 2.11 bits per heavy atom. The lowest BCUT2D eigenvalue weighted by molar-refractivity contribution is 0.0572. The van der Waals surface area contributed by atoms with Crippen LogP contribution in [0.15, 0.2) is 12.3 Å². The molecule has 0 bridgehead atoms. The highest BCUT2D eigenvalue weighted by Gasteiger charge is 2.34. The highest BCUT2D eigenvalue weighted by atomic mass is 32.1. The molecular formula is C11H12N4O3S. The highest BCUT2D eigenvalue weighted by Crippen LogP contribution is 2.33. The summed E-state index contributed by atoms with van der Waals surface area (Å²) in [6.45, 7) is 0.221. The lowest BCUT2D eigenvalue weighted by atomic mass is 10.2. The molecule has 0 aliphatic carbocycles. The van der Waals surface area contributed by atoms with Gasteiger partial charge in [0.15, 0.2) is 0 Å². The fraction of sp³-hybridized carbons (Fsp3) is 0.364. The number of anilines is 1. The van der Waals surface area contributed by atoms with Gasteiger partial charge in [0.1, 0.15) is 9.71 Å². The van der Waals surface area contributed by atoms with Crippen molar-refractivity contribution in [1.82, 2.24) is 15.1 Å². The minimum atomic E-state index is -0.903. The van der Waals surface area contributed by atoms with Crippen LogP contribution < -0.4 is 5.73 Å². The van der Waals surface area contributed by atoms with Gasteiger partial charge in [-0.15, -0.1) is 16.4 Å². The van der Waals surface area contributed by atoms with Crippen LogP contribution in [0.1, 0.15) is 9.67 Å². The molecule has 7 nitrogen and oxygen atoms in total. The van der Waals surface area contributed by atoms with Gasteiger partial charge in [0.05, 0.1) is 24.1 Å². The number of aromatic nitrogens is 2. The average molecular weight is 280 g/mol. The molecule has 8 heteroatoms. The maximum atomic E-state index is 12.3. The van der Waals surface area contributed by atoms with E-state index in [-0.39, 0.29) is 19.0 Å². The molecule has 3 rings (SSSR count). The van der Waals surface area contributed by atoms with Crippen molar-refractivity contribution < 1.29 is 15.0 Å². The van der Waals surface area contributed by atoms with Crippen LogP contribution in [0.3, 0.4) is 0 Å². The van der Waals surface area contributed by atoms with Gasteiger partial charge in [-0.2, -0.15) is 5.10 Å². The van der Waals surface area contributed by atoms with Crippen molar-refractivity contribution >= 4 is 33.1 Å². The second kappa shape index (κ2) is 4.41. The second-order valence-corrected chi connectivity index (χ2v) is 5.44. The summed E-state index contributed by atoms with van der Waals surface area (Å²) in [6, 6.07) is 1.71. The van der Waals surface area contributed by atoms with E-state index in [1.54, 1.807) is 6.07 Å². The Morgan fingerprint density at radius 1 is 1.42 bits per heavy atom. The van der Waals surface area contributed by atoms with Crippen LogP contribution in [-0.4, -0.2) is 56.5 Å². The van der Waals surface area contributed by atoms with Crippen molar-refractivity contribution in [1.29, 1.82) is 0 Å². The van der Waals surface area contributed by atoms with Crippen molar-refractivity contribution in [3.8, 4) is 0 Å². The molecule has 2 atom stereocenters. The summed E-state index contributed by atoms with van der Waals surface area (Å²) in [6.07, 6.45) is -0.290. The van der Waals surface area contributed by atoms with Gasteiger partial charge >= 0.3 is 0 Å². The Balaban J connectivity index is 1.96. The topological polar surface area (TPSA) is 113 Å². The van der Waals surface area contributed by atoms with Gasteiger partial charge in [-0.3, -0.25) is 4.79 Å². The Labute approximate surface area is 112 Å². The van der Waals surface area contributed by atoms with Gasteiger partial charge < -0.3 is 20.8 Å². The lowest BCUT2D eigenvalue weighted by Gasteiger charge is -2.14. The zero-order valence-corrected chi connectivity index (χ0v) is 10.7. The van der Waals surface area contributed by atoms with E-state index >= 15 is 0 Å². The van der Waals surface area contributed by atoms with Crippen molar-refractivity contribution in [3.05, 3.63) is 17.1 Å². The number of hydrogen-bond donors (Lipinski definition) is 3. The molecule has 0 radical (unpaired) electrons. The number of rotatable bonds is 1. The van der Waals surface area contributed by atoms with Crippen molar-refractivity contribution in [2.24, 2.45) is 0 Å². The molecule has 3 heterocycles. The predicted molar refractivity (Wildman–Crippen MR) is 69.7 cm³/mol. The van der Waals surface area contributed by atoms with Crippen LogP contribution in [0.25, 0.3) is 10.2 Å². The van der Waals surface area contributed by atoms with E-state index in [2.05, 4.69) is 10.2 Å². The van der Waals surface area contributed by atoms with Crippen LogP contribution in [0.4, 0.5) is 5.69 Å². The van der Waals surface area contributed by atoms with Gasteiger partial charge in [0, 0.05) is 18.5 Å². The highest BCUT2D eigenvalue weighted by molar-refractivity contribution is 7.21.